The van der Waals surface area contributed by atoms with Crippen molar-refractivity contribution in [3.05, 3.63) is 144 Å². The number of benzene rings is 4. The first-order valence-corrected chi connectivity index (χ1v) is 18.0. The summed E-state index contributed by atoms with van der Waals surface area (Å²) < 4.78 is 53.5. The zero-order valence-electron chi connectivity index (χ0n) is 26.9. The number of aryl methyl sites for hydroxylation is 1. The number of rotatable bonds is 8. The van der Waals surface area contributed by atoms with Crippen LogP contribution in [0.1, 0.15) is 24.7 Å². The number of para-hydroxylation sites is 7. The Bertz CT molecular complexity index is 2330. The van der Waals surface area contributed by atoms with Crippen molar-refractivity contribution in [3.63, 3.8) is 0 Å². The summed E-state index contributed by atoms with van der Waals surface area (Å²) in [6, 6.07) is 38.3. The Hall–Kier alpha value is -5.42. The van der Waals surface area contributed by atoms with Crippen molar-refractivity contribution in [2.24, 2.45) is 0 Å². The number of anilines is 4. The molecule has 11 heteroatoms. The van der Waals surface area contributed by atoms with Gasteiger partial charge in [-0.1, -0.05) is 79.2 Å². The van der Waals surface area contributed by atoms with Gasteiger partial charge in [0.05, 0.1) is 34.1 Å². The summed E-state index contributed by atoms with van der Waals surface area (Å²) in [5.74, 6) is 2.04. The molecule has 1 unspecified atom stereocenters. The highest BCUT2D eigenvalue weighted by Gasteiger charge is 2.55. The number of pyridine rings is 2. The highest BCUT2D eigenvalue weighted by molar-refractivity contribution is 7.87. The van der Waals surface area contributed by atoms with E-state index in [2.05, 4.69) is 4.98 Å². The molecule has 0 radical (unpaired) electrons. The molecule has 0 amide bonds. The predicted octanol–water partition coefficient (Wildman–Crippen LogP) is 9.68. The van der Waals surface area contributed by atoms with Crippen LogP contribution in [0.15, 0.2) is 127 Å². The van der Waals surface area contributed by atoms with Crippen molar-refractivity contribution >= 4 is 44.5 Å². The van der Waals surface area contributed by atoms with Crippen molar-refractivity contribution in [3.8, 4) is 34.3 Å². The van der Waals surface area contributed by atoms with Crippen LogP contribution in [0.2, 0.25) is 5.15 Å². The Balaban J connectivity index is 1.41. The quantitative estimate of drug-likeness (QED) is 0.123. The van der Waals surface area contributed by atoms with E-state index >= 15 is 0 Å². The number of hydrogen-bond donors (Lipinski definition) is 1. The molecule has 0 aliphatic carbocycles. The predicted molar refractivity (Wildman–Crippen MR) is 195 cm³/mol. The van der Waals surface area contributed by atoms with E-state index in [9.17, 15) is 13.0 Å². The van der Waals surface area contributed by atoms with Gasteiger partial charge in [-0.3, -0.25) is 9.54 Å². The van der Waals surface area contributed by atoms with Crippen LogP contribution in [0.25, 0.3) is 11.3 Å². The van der Waals surface area contributed by atoms with Crippen molar-refractivity contribution < 1.29 is 22.4 Å². The molecule has 1 atom stereocenters. The maximum absolute atomic E-state index is 14.5. The molecule has 0 fully saturated rings. The van der Waals surface area contributed by atoms with Crippen LogP contribution in [0.3, 0.4) is 0 Å². The van der Waals surface area contributed by atoms with E-state index in [0.717, 1.165) is 17.1 Å². The average molecular weight is 703 g/mol. The first kappa shape index (κ1) is 31.8. The molecule has 0 saturated heterocycles. The lowest BCUT2D eigenvalue weighted by atomic mass is 9.97. The minimum Gasteiger partial charge on any atom is -0.453 e. The van der Waals surface area contributed by atoms with Crippen LogP contribution in [0, 0.1) is 0 Å². The molecule has 4 aromatic carbocycles. The fourth-order valence-corrected chi connectivity index (χ4v) is 8.16. The van der Waals surface area contributed by atoms with E-state index in [1.165, 1.54) is 0 Å². The van der Waals surface area contributed by atoms with Gasteiger partial charge >= 0.3 is 0 Å². The molecule has 6 aromatic rings. The molecular formula is C39H31ClN4O5S. The lowest BCUT2D eigenvalue weighted by Crippen LogP contribution is -2.53. The number of halogens is 1. The van der Waals surface area contributed by atoms with Crippen LogP contribution in [-0.4, -0.2) is 29.5 Å². The number of nitrogens with zero attached hydrogens (tertiary/aromatic N) is 4. The zero-order valence-corrected chi connectivity index (χ0v) is 28.5. The molecule has 50 heavy (non-hydrogen) atoms. The van der Waals surface area contributed by atoms with Gasteiger partial charge in [0.25, 0.3) is 10.1 Å². The fourth-order valence-electron chi connectivity index (χ4n) is 6.85. The average Bonchev–Trinajstić information content (AvgIpc) is 3.13. The van der Waals surface area contributed by atoms with Crippen LogP contribution in [-0.2, 0) is 21.4 Å². The van der Waals surface area contributed by atoms with E-state index in [1.807, 2.05) is 96.8 Å². The van der Waals surface area contributed by atoms with Gasteiger partial charge in [-0.25, -0.2) is 4.98 Å². The standard InChI is InChI=1S/C39H31ClN4O5S/c1-2-26-12-9-14-28(41-26)27-13-10-21-35-38(27)44(31-17-5-8-20-34(31)49-35)39(50(45,46)47,36-22-11-23-37(40)42-36)24-25-43-29-15-3-6-18-32(29)48-33-19-7-4-16-30(33)43/h3-23H,2,24-25H2,1H3,(H,45,46,47). The van der Waals surface area contributed by atoms with Gasteiger partial charge in [0, 0.05) is 24.2 Å². The highest BCUT2D eigenvalue weighted by Crippen LogP contribution is 2.58. The molecule has 1 N–H and O–H groups in total. The first-order chi connectivity index (χ1) is 24.3. The van der Waals surface area contributed by atoms with Gasteiger partial charge in [-0.15, -0.1) is 0 Å². The van der Waals surface area contributed by atoms with E-state index in [-0.39, 0.29) is 23.8 Å². The zero-order chi connectivity index (χ0) is 34.5. The van der Waals surface area contributed by atoms with Crippen molar-refractivity contribution in [1.29, 1.82) is 0 Å². The minimum absolute atomic E-state index is 0.0371. The Morgan fingerprint density at radius 1 is 0.700 bits per heavy atom. The lowest BCUT2D eigenvalue weighted by molar-refractivity contribution is 0.397. The summed E-state index contributed by atoms with van der Waals surface area (Å²) in [4.78, 5) is 10.9. The molecule has 8 rings (SSSR count). The van der Waals surface area contributed by atoms with Crippen LogP contribution < -0.4 is 19.3 Å². The van der Waals surface area contributed by atoms with Crippen LogP contribution in [0.5, 0.6) is 23.0 Å². The number of fused-ring (bicyclic) bond motifs is 4. The van der Waals surface area contributed by atoms with Gasteiger partial charge in [-0.05, 0) is 73.2 Å². The summed E-state index contributed by atoms with van der Waals surface area (Å²) in [7, 11) is -5.08. The summed E-state index contributed by atoms with van der Waals surface area (Å²) in [6.45, 7) is 2.14. The van der Waals surface area contributed by atoms with Crippen LogP contribution >= 0.6 is 11.6 Å². The van der Waals surface area contributed by atoms with E-state index in [4.69, 9.17) is 26.1 Å². The monoisotopic (exact) mass is 702 g/mol. The lowest BCUT2D eigenvalue weighted by Gasteiger charge is -2.46. The third-order valence-electron chi connectivity index (χ3n) is 9.10. The highest BCUT2D eigenvalue weighted by atomic mass is 35.5. The smallest absolute Gasteiger partial charge is 0.295 e. The van der Waals surface area contributed by atoms with Crippen molar-refractivity contribution in [2.45, 2.75) is 24.6 Å². The van der Waals surface area contributed by atoms with Gasteiger partial charge in [0.2, 0.25) is 4.87 Å². The second-order valence-electron chi connectivity index (χ2n) is 12.0. The maximum Gasteiger partial charge on any atom is 0.295 e. The summed E-state index contributed by atoms with van der Waals surface area (Å²) in [5.41, 5.74) is 4.46. The molecule has 9 nitrogen and oxygen atoms in total. The number of aromatic nitrogens is 2. The summed E-state index contributed by atoms with van der Waals surface area (Å²) >= 11 is 6.52. The molecule has 2 aromatic heterocycles. The second kappa shape index (κ2) is 12.5. The molecular weight excluding hydrogens is 672 g/mol. The molecule has 0 bridgehead atoms. The SMILES string of the molecule is CCc1cccc(-c2cccc3c2N(C(CCN2c4ccccc4Oc4ccccc42)(c2cccc(Cl)n2)S(=O)(=O)O)c2ccccc2O3)n1. The van der Waals surface area contributed by atoms with Gasteiger partial charge in [0.15, 0.2) is 23.0 Å². The summed E-state index contributed by atoms with van der Waals surface area (Å²) in [6.07, 6.45) is 0.530. The topological polar surface area (TPSA) is 105 Å². The summed E-state index contributed by atoms with van der Waals surface area (Å²) in [5, 5.41) is 0.0740. The second-order valence-corrected chi connectivity index (χ2v) is 14.0. The number of hydrogen-bond acceptors (Lipinski definition) is 8. The third kappa shape index (κ3) is 5.24. The Kier molecular flexibility index (Phi) is 7.94. The number of ether oxygens (including phenoxy) is 2. The molecule has 0 saturated carbocycles. The van der Waals surface area contributed by atoms with E-state index < -0.39 is 15.0 Å². The van der Waals surface area contributed by atoms with Crippen LogP contribution in [0.4, 0.5) is 22.7 Å². The maximum atomic E-state index is 14.5. The molecule has 250 valence electrons. The largest absolute Gasteiger partial charge is 0.453 e. The van der Waals surface area contributed by atoms with Gasteiger partial charge in [-0.2, -0.15) is 8.42 Å². The van der Waals surface area contributed by atoms with E-state index in [0.29, 0.717) is 52.1 Å². The first-order valence-electron chi connectivity index (χ1n) is 16.2. The van der Waals surface area contributed by atoms with E-state index in [1.54, 1.807) is 47.4 Å². The fraction of sp³-hybridized carbons (Fsp3) is 0.128. The Morgan fingerprint density at radius 2 is 1.28 bits per heavy atom. The molecule has 0 spiro atoms. The van der Waals surface area contributed by atoms with Crippen molar-refractivity contribution in [2.75, 3.05) is 16.3 Å². The Labute approximate surface area is 295 Å². The van der Waals surface area contributed by atoms with Crippen molar-refractivity contribution in [1.82, 2.24) is 9.97 Å². The Morgan fingerprint density at radius 3 is 1.94 bits per heavy atom. The van der Waals surface area contributed by atoms with Gasteiger partial charge in [0.1, 0.15) is 5.15 Å². The normalized spacial score (nSPS) is 14.3. The minimum atomic E-state index is -5.08. The molecule has 2 aliphatic heterocycles. The molecule has 4 heterocycles. The van der Waals surface area contributed by atoms with Gasteiger partial charge < -0.3 is 19.3 Å². The third-order valence-corrected chi connectivity index (χ3v) is 10.8. The molecule has 2 aliphatic rings.